The summed E-state index contributed by atoms with van der Waals surface area (Å²) in [5, 5.41) is 4.35. The summed E-state index contributed by atoms with van der Waals surface area (Å²) in [7, 11) is 0. The van der Waals surface area contributed by atoms with E-state index in [2.05, 4.69) is 5.10 Å². The number of esters is 1. The van der Waals surface area contributed by atoms with E-state index in [0.29, 0.717) is 16.7 Å². The maximum atomic E-state index is 15.8. The fourth-order valence-corrected chi connectivity index (χ4v) is 8.86. The number of carbonyl (C=O) groups excluding carboxylic acids is 3. The van der Waals surface area contributed by atoms with Gasteiger partial charge < -0.3 is 19.3 Å². The average molecular weight is 821 g/mol. The predicted molar refractivity (Wildman–Crippen MR) is 196 cm³/mol. The molecule has 2 amide bonds. The molecule has 0 bridgehead atoms. The minimum absolute atomic E-state index is 0.00731. The van der Waals surface area contributed by atoms with E-state index in [1.165, 1.54) is 15.8 Å². The maximum absolute atomic E-state index is 15.8. The molecule has 1 spiro atoms. The van der Waals surface area contributed by atoms with Gasteiger partial charge in [0.05, 0.1) is 43.0 Å². The molecule has 16 heteroatoms. The highest BCUT2D eigenvalue weighted by molar-refractivity contribution is 5.94. The fourth-order valence-electron chi connectivity index (χ4n) is 8.86. The SMILES string of the molecule is CC(C)(C)OC(=O)c1ccccc1Cn1cc(C(=O)N2CC(COCc3cccc(C4CCC(C(F)(F)F)CC4)c3F)C3(C2)CN(C(=O)C2(C(F)(F)F)CC2)C3)cn1. The molecule has 0 N–H and O–H groups in total. The zero-order chi connectivity index (χ0) is 41.8. The molecule has 9 nitrogen and oxygen atoms in total. The Hall–Kier alpha value is -4.47. The number of carbonyl (C=O) groups is 3. The summed E-state index contributed by atoms with van der Waals surface area (Å²) < 4.78 is 110. The lowest BCUT2D eigenvalue weighted by molar-refractivity contribution is -0.205. The molecule has 1 atom stereocenters. The van der Waals surface area contributed by atoms with Gasteiger partial charge in [0.25, 0.3) is 5.91 Å². The zero-order valence-electron chi connectivity index (χ0n) is 32.6. The average Bonchev–Trinajstić information content (AvgIpc) is 3.70. The first-order chi connectivity index (χ1) is 27.2. The van der Waals surface area contributed by atoms with E-state index < -0.39 is 58.3 Å². The van der Waals surface area contributed by atoms with Gasteiger partial charge in [-0.05, 0) is 82.4 Å². The van der Waals surface area contributed by atoms with Gasteiger partial charge in [-0.25, -0.2) is 9.18 Å². The number of nitrogens with zero attached hydrogens (tertiary/aromatic N) is 4. The summed E-state index contributed by atoms with van der Waals surface area (Å²) in [6.07, 6.45) is -6.25. The molecule has 3 heterocycles. The quantitative estimate of drug-likeness (QED) is 0.151. The van der Waals surface area contributed by atoms with Crippen molar-refractivity contribution in [1.82, 2.24) is 19.6 Å². The molecule has 4 fully saturated rings. The molecule has 4 aliphatic rings. The van der Waals surface area contributed by atoms with Crippen molar-refractivity contribution < 1.29 is 54.6 Å². The van der Waals surface area contributed by atoms with Crippen molar-refractivity contribution in [2.24, 2.45) is 22.7 Å². The van der Waals surface area contributed by atoms with Crippen LogP contribution >= 0.6 is 0 Å². The molecule has 2 saturated heterocycles. The molecule has 1 aromatic heterocycles. The first-order valence-corrected chi connectivity index (χ1v) is 19.6. The monoisotopic (exact) mass is 820 g/mol. The van der Waals surface area contributed by atoms with Gasteiger partial charge in [0.2, 0.25) is 5.91 Å². The van der Waals surface area contributed by atoms with E-state index >= 15 is 4.39 Å². The van der Waals surface area contributed by atoms with Crippen molar-refractivity contribution in [3.63, 3.8) is 0 Å². The predicted octanol–water partition coefficient (Wildman–Crippen LogP) is 8.32. The van der Waals surface area contributed by atoms with Crippen LogP contribution in [-0.4, -0.2) is 88.1 Å². The van der Waals surface area contributed by atoms with Crippen LogP contribution in [0.15, 0.2) is 54.9 Å². The van der Waals surface area contributed by atoms with Gasteiger partial charge in [0, 0.05) is 49.3 Å². The number of likely N-dealkylation sites (tertiary alicyclic amines) is 2. The second-order valence-electron chi connectivity index (χ2n) is 17.5. The lowest BCUT2D eigenvalue weighted by Crippen LogP contribution is -2.65. The molecular weight excluding hydrogens is 773 g/mol. The fraction of sp³-hybridized carbons (Fsp3) is 0.571. The molecule has 314 valence electrons. The summed E-state index contributed by atoms with van der Waals surface area (Å²) >= 11 is 0. The van der Waals surface area contributed by atoms with Gasteiger partial charge in [-0.15, -0.1) is 0 Å². The third-order valence-electron chi connectivity index (χ3n) is 12.3. The largest absolute Gasteiger partial charge is 0.456 e. The number of hydrogen-bond donors (Lipinski definition) is 0. The van der Waals surface area contributed by atoms with E-state index in [1.54, 1.807) is 74.3 Å². The molecule has 0 radical (unpaired) electrons. The molecule has 2 aromatic carbocycles. The van der Waals surface area contributed by atoms with Crippen LogP contribution in [0.2, 0.25) is 0 Å². The molecule has 58 heavy (non-hydrogen) atoms. The molecule has 1 unspecified atom stereocenters. The summed E-state index contributed by atoms with van der Waals surface area (Å²) in [4.78, 5) is 42.8. The molecule has 7 rings (SSSR count). The molecular formula is C42H47F7N4O5. The smallest absolute Gasteiger partial charge is 0.403 e. The Morgan fingerprint density at radius 1 is 0.862 bits per heavy atom. The van der Waals surface area contributed by atoms with Gasteiger partial charge >= 0.3 is 18.3 Å². The van der Waals surface area contributed by atoms with Crippen molar-refractivity contribution >= 4 is 17.8 Å². The Balaban J connectivity index is 1.04. The number of alkyl halides is 6. The van der Waals surface area contributed by atoms with Crippen LogP contribution in [0, 0.1) is 28.5 Å². The topological polar surface area (TPSA) is 94.0 Å². The number of amides is 2. The summed E-state index contributed by atoms with van der Waals surface area (Å²) in [5.74, 6) is -4.55. The van der Waals surface area contributed by atoms with Crippen LogP contribution in [0.3, 0.4) is 0 Å². The Bertz CT molecular complexity index is 2020. The standard InChI is InChI=1S/C42H47F7N4O5/c1-38(2,3)58-36(55)33-9-5-4-7-27(33)18-53-19-29(17-50-53)35(54)51-20-31(39(23-51)24-52(25-39)37(56)40(15-16-40)42(47,48)49)22-57-21-28-8-6-10-32(34(28)43)26-11-13-30(14-12-26)41(44,45)46/h4-10,17,19,26,30-31H,11-16,18,20-25H2,1-3H3. The number of benzene rings is 2. The van der Waals surface area contributed by atoms with E-state index in [0.717, 1.165) is 0 Å². The molecule has 2 saturated carbocycles. The van der Waals surface area contributed by atoms with Gasteiger partial charge in [-0.3, -0.25) is 14.3 Å². The van der Waals surface area contributed by atoms with Crippen LogP contribution < -0.4 is 0 Å². The number of ether oxygens (including phenoxy) is 2. The van der Waals surface area contributed by atoms with Crippen LogP contribution in [0.4, 0.5) is 30.7 Å². The normalized spacial score (nSPS) is 22.8. The highest BCUT2D eigenvalue weighted by atomic mass is 19.4. The number of aromatic nitrogens is 2. The van der Waals surface area contributed by atoms with E-state index in [9.17, 15) is 40.7 Å². The minimum Gasteiger partial charge on any atom is -0.456 e. The number of hydrogen-bond acceptors (Lipinski definition) is 6. The summed E-state index contributed by atoms with van der Waals surface area (Å²) in [5.41, 5.74) is -2.06. The summed E-state index contributed by atoms with van der Waals surface area (Å²) in [6.45, 7) is 5.58. The van der Waals surface area contributed by atoms with Gasteiger partial charge in [0.1, 0.15) is 16.8 Å². The van der Waals surface area contributed by atoms with E-state index in [-0.39, 0.29) is 107 Å². The van der Waals surface area contributed by atoms with Gasteiger partial charge in [0.15, 0.2) is 0 Å². The lowest BCUT2D eigenvalue weighted by atomic mass is 9.71. The van der Waals surface area contributed by atoms with E-state index in [4.69, 9.17) is 9.47 Å². The van der Waals surface area contributed by atoms with Gasteiger partial charge in [-0.1, -0.05) is 36.4 Å². The number of rotatable bonds is 10. The summed E-state index contributed by atoms with van der Waals surface area (Å²) in [6, 6.07) is 11.7. The molecule has 2 aliphatic heterocycles. The number of halogens is 7. The van der Waals surface area contributed by atoms with Crippen molar-refractivity contribution in [3.8, 4) is 0 Å². The highest BCUT2D eigenvalue weighted by Gasteiger charge is 2.71. The molecule has 3 aromatic rings. The van der Waals surface area contributed by atoms with Crippen molar-refractivity contribution in [1.29, 1.82) is 0 Å². The Morgan fingerprint density at radius 3 is 2.16 bits per heavy atom. The lowest BCUT2D eigenvalue weighted by Gasteiger charge is -2.51. The second-order valence-corrected chi connectivity index (χ2v) is 17.5. The first kappa shape index (κ1) is 41.7. The second kappa shape index (κ2) is 15.3. The van der Waals surface area contributed by atoms with Crippen LogP contribution in [-0.2, 0) is 27.4 Å². The van der Waals surface area contributed by atoms with Gasteiger partial charge in [-0.2, -0.15) is 31.4 Å². The van der Waals surface area contributed by atoms with Crippen LogP contribution in [0.1, 0.15) is 103 Å². The third kappa shape index (κ3) is 8.35. The van der Waals surface area contributed by atoms with Crippen molar-refractivity contribution in [2.45, 2.75) is 96.3 Å². The highest BCUT2D eigenvalue weighted by Crippen LogP contribution is 2.60. The van der Waals surface area contributed by atoms with Crippen molar-refractivity contribution in [2.75, 3.05) is 32.8 Å². The van der Waals surface area contributed by atoms with Crippen LogP contribution in [0.25, 0.3) is 0 Å². The minimum atomic E-state index is -4.67. The molecule has 2 aliphatic carbocycles. The van der Waals surface area contributed by atoms with Crippen LogP contribution in [0.5, 0.6) is 0 Å². The first-order valence-electron chi connectivity index (χ1n) is 19.6. The van der Waals surface area contributed by atoms with Crippen molar-refractivity contribution in [3.05, 3.63) is 88.5 Å². The Kier molecular flexibility index (Phi) is 11.0. The Labute approximate surface area is 331 Å². The third-order valence-corrected chi connectivity index (χ3v) is 12.3. The zero-order valence-corrected chi connectivity index (χ0v) is 32.6. The van der Waals surface area contributed by atoms with E-state index in [1.807, 2.05) is 0 Å². The maximum Gasteiger partial charge on any atom is 0.403 e. The Morgan fingerprint density at radius 2 is 1.52 bits per heavy atom.